The van der Waals surface area contributed by atoms with Crippen molar-refractivity contribution >= 4 is 11.9 Å². The summed E-state index contributed by atoms with van der Waals surface area (Å²) in [5.74, 6) is 0.148. The zero-order chi connectivity index (χ0) is 21.3. The van der Waals surface area contributed by atoms with Crippen molar-refractivity contribution in [1.29, 1.82) is 0 Å². The highest BCUT2D eigenvalue weighted by Crippen LogP contribution is 2.20. The van der Waals surface area contributed by atoms with Gasteiger partial charge < -0.3 is 15.5 Å². The van der Waals surface area contributed by atoms with Crippen molar-refractivity contribution in [2.45, 2.75) is 60.3 Å². The molecule has 3 amide bonds. The Morgan fingerprint density at radius 3 is 2.52 bits per heavy atom. The topological polar surface area (TPSA) is 97.1 Å². The number of amides is 3. The Morgan fingerprint density at radius 1 is 1.17 bits per heavy atom. The summed E-state index contributed by atoms with van der Waals surface area (Å²) in [5, 5.41) is 14.8. The van der Waals surface area contributed by atoms with Crippen LogP contribution in [0.3, 0.4) is 0 Å². The molecule has 2 aromatic heterocycles. The first-order valence-corrected chi connectivity index (χ1v) is 10.1. The number of aryl methyl sites for hydroxylation is 2. The number of fused-ring (bicyclic) bond motifs is 1. The van der Waals surface area contributed by atoms with Gasteiger partial charge in [-0.2, -0.15) is 10.2 Å². The van der Waals surface area contributed by atoms with Crippen LogP contribution >= 0.6 is 0 Å². The van der Waals surface area contributed by atoms with Gasteiger partial charge in [-0.3, -0.25) is 14.2 Å². The van der Waals surface area contributed by atoms with Crippen LogP contribution in [0.25, 0.3) is 0 Å². The Morgan fingerprint density at radius 2 is 1.90 bits per heavy atom. The van der Waals surface area contributed by atoms with Gasteiger partial charge in [0.25, 0.3) is 0 Å². The summed E-state index contributed by atoms with van der Waals surface area (Å²) < 4.78 is 3.74. The average molecular weight is 402 g/mol. The molecule has 2 aromatic rings. The fraction of sp³-hybridized carbons (Fsp3) is 0.600. The van der Waals surface area contributed by atoms with E-state index in [0.29, 0.717) is 26.2 Å². The van der Waals surface area contributed by atoms with Gasteiger partial charge in [-0.25, -0.2) is 4.79 Å². The smallest absolute Gasteiger partial charge is 0.315 e. The van der Waals surface area contributed by atoms with Crippen molar-refractivity contribution in [3.05, 3.63) is 34.4 Å². The van der Waals surface area contributed by atoms with E-state index >= 15 is 0 Å². The second-order valence-corrected chi connectivity index (χ2v) is 8.02. The minimum Gasteiger partial charge on any atom is -0.335 e. The second kappa shape index (κ2) is 8.26. The third kappa shape index (κ3) is 4.44. The van der Waals surface area contributed by atoms with Gasteiger partial charge in [-0.15, -0.1) is 0 Å². The highest BCUT2D eigenvalue weighted by Gasteiger charge is 2.24. The Kier molecular flexibility index (Phi) is 5.95. The van der Waals surface area contributed by atoms with Crippen LogP contribution in [0.1, 0.15) is 55.2 Å². The van der Waals surface area contributed by atoms with E-state index in [1.165, 1.54) is 0 Å². The number of carbonyl (C=O) groups excluding carboxylic acids is 2. The van der Waals surface area contributed by atoms with Crippen molar-refractivity contribution in [3.63, 3.8) is 0 Å². The lowest BCUT2D eigenvalue weighted by atomic mass is 10.1. The number of aromatic nitrogens is 4. The fourth-order valence-electron chi connectivity index (χ4n) is 3.87. The van der Waals surface area contributed by atoms with Crippen molar-refractivity contribution in [1.82, 2.24) is 35.1 Å². The predicted molar refractivity (Wildman–Crippen MR) is 109 cm³/mol. The van der Waals surface area contributed by atoms with Crippen molar-refractivity contribution in [3.8, 4) is 0 Å². The van der Waals surface area contributed by atoms with Crippen molar-refractivity contribution in [2.24, 2.45) is 13.0 Å². The van der Waals surface area contributed by atoms with Gasteiger partial charge in [0.1, 0.15) is 0 Å². The molecular formula is C20H31N7O2. The van der Waals surface area contributed by atoms with E-state index in [0.717, 1.165) is 28.3 Å². The maximum Gasteiger partial charge on any atom is 0.315 e. The molecule has 0 unspecified atom stereocenters. The van der Waals surface area contributed by atoms with Crippen LogP contribution in [0.2, 0.25) is 0 Å². The van der Waals surface area contributed by atoms with E-state index in [1.54, 1.807) is 0 Å². The number of hydrogen-bond acceptors (Lipinski definition) is 4. The van der Waals surface area contributed by atoms with E-state index in [2.05, 4.69) is 20.8 Å². The molecule has 1 atom stereocenters. The molecule has 3 heterocycles. The SMILES string of the molecule is Cc1nn(C)c(C)c1[C@@H](C)NC(=O)NCc1cc2n(n1)CCN(C(=O)C(C)C)C2. The second-order valence-electron chi connectivity index (χ2n) is 8.02. The number of nitrogens with zero attached hydrogens (tertiary/aromatic N) is 5. The van der Waals surface area contributed by atoms with Crippen LogP contribution in [0.4, 0.5) is 4.79 Å². The molecule has 29 heavy (non-hydrogen) atoms. The summed E-state index contributed by atoms with van der Waals surface area (Å²) in [7, 11) is 1.90. The predicted octanol–water partition coefficient (Wildman–Crippen LogP) is 1.79. The van der Waals surface area contributed by atoms with Crippen LogP contribution < -0.4 is 10.6 Å². The van der Waals surface area contributed by atoms with Gasteiger partial charge >= 0.3 is 6.03 Å². The van der Waals surface area contributed by atoms with Crippen LogP contribution in [-0.2, 0) is 31.5 Å². The van der Waals surface area contributed by atoms with Gasteiger partial charge in [0.15, 0.2) is 0 Å². The van der Waals surface area contributed by atoms with Crippen LogP contribution in [0.15, 0.2) is 6.07 Å². The molecule has 0 bridgehead atoms. The summed E-state index contributed by atoms with van der Waals surface area (Å²) in [5.41, 5.74) is 4.78. The molecule has 0 saturated carbocycles. The molecule has 0 saturated heterocycles. The molecule has 0 aliphatic carbocycles. The fourth-order valence-corrected chi connectivity index (χ4v) is 3.87. The lowest BCUT2D eigenvalue weighted by Crippen LogP contribution is -2.40. The summed E-state index contributed by atoms with van der Waals surface area (Å²) in [6.45, 7) is 12.0. The van der Waals surface area contributed by atoms with Crippen LogP contribution in [0.5, 0.6) is 0 Å². The molecule has 0 spiro atoms. The Labute approximate surface area is 171 Å². The van der Waals surface area contributed by atoms with Gasteiger partial charge in [0.2, 0.25) is 5.91 Å². The maximum absolute atomic E-state index is 12.4. The van der Waals surface area contributed by atoms with Crippen LogP contribution in [-0.4, -0.2) is 42.9 Å². The molecule has 9 nitrogen and oxygen atoms in total. The highest BCUT2D eigenvalue weighted by atomic mass is 16.2. The Bertz CT molecular complexity index is 912. The number of nitrogens with one attached hydrogen (secondary N) is 2. The third-order valence-corrected chi connectivity index (χ3v) is 5.43. The van der Waals surface area contributed by atoms with E-state index in [9.17, 15) is 9.59 Å². The molecule has 1 aliphatic heterocycles. The van der Waals surface area contributed by atoms with Gasteiger partial charge in [0, 0.05) is 30.8 Å². The molecule has 1 aliphatic rings. The summed E-state index contributed by atoms with van der Waals surface area (Å²) >= 11 is 0. The normalized spacial score (nSPS) is 14.7. The van der Waals surface area contributed by atoms with Gasteiger partial charge in [-0.05, 0) is 26.8 Å². The molecule has 0 fully saturated rings. The largest absolute Gasteiger partial charge is 0.335 e. The maximum atomic E-state index is 12.4. The third-order valence-electron chi connectivity index (χ3n) is 5.43. The van der Waals surface area contributed by atoms with Crippen molar-refractivity contribution < 1.29 is 9.59 Å². The minimum absolute atomic E-state index is 0.0108. The molecule has 0 aromatic carbocycles. The Balaban J connectivity index is 1.56. The first kappa shape index (κ1) is 20.9. The Hall–Kier alpha value is -2.84. The van der Waals surface area contributed by atoms with Gasteiger partial charge in [0.05, 0.1) is 42.8 Å². The van der Waals surface area contributed by atoms with Crippen LogP contribution in [0, 0.1) is 19.8 Å². The van der Waals surface area contributed by atoms with E-state index < -0.39 is 0 Å². The quantitative estimate of drug-likeness (QED) is 0.798. The molecule has 0 radical (unpaired) electrons. The minimum atomic E-state index is -0.247. The zero-order valence-electron chi connectivity index (χ0n) is 18.1. The highest BCUT2D eigenvalue weighted by molar-refractivity contribution is 5.78. The molecule has 9 heteroatoms. The van der Waals surface area contributed by atoms with E-state index in [-0.39, 0.29) is 23.9 Å². The molecular weight excluding hydrogens is 370 g/mol. The lowest BCUT2D eigenvalue weighted by Gasteiger charge is -2.29. The van der Waals surface area contributed by atoms with Crippen molar-refractivity contribution in [2.75, 3.05) is 6.54 Å². The van der Waals surface area contributed by atoms with Gasteiger partial charge in [-0.1, -0.05) is 13.8 Å². The van der Waals surface area contributed by atoms with E-state index in [1.807, 2.05) is 62.0 Å². The zero-order valence-corrected chi connectivity index (χ0v) is 18.1. The number of carbonyl (C=O) groups is 2. The molecule has 158 valence electrons. The average Bonchev–Trinajstić information content (AvgIpc) is 3.18. The number of rotatable bonds is 5. The first-order chi connectivity index (χ1) is 13.7. The lowest BCUT2D eigenvalue weighted by molar-refractivity contribution is -0.136. The number of urea groups is 1. The monoisotopic (exact) mass is 401 g/mol. The molecule has 2 N–H and O–H groups in total. The standard InChI is InChI=1S/C20H31N7O2/c1-12(2)19(28)26-7-8-27-17(11-26)9-16(24-27)10-21-20(29)22-13(3)18-14(4)23-25(6)15(18)5/h9,12-13H,7-8,10-11H2,1-6H3,(H2,21,22,29)/t13-/m1/s1. The summed E-state index contributed by atoms with van der Waals surface area (Å²) in [6, 6.07) is 1.57. The number of hydrogen-bond donors (Lipinski definition) is 2. The van der Waals surface area contributed by atoms with E-state index in [4.69, 9.17) is 0 Å². The summed E-state index contributed by atoms with van der Waals surface area (Å²) in [6.07, 6.45) is 0. The summed E-state index contributed by atoms with van der Waals surface area (Å²) in [4.78, 5) is 26.4. The molecule has 3 rings (SSSR count). The first-order valence-electron chi connectivity index (χ1n) is 10.1.